The Morgan fingerprint density at radius 2 is 2.10 bits per heavy atom. The zero-order chi connectivity index (χ0) is 15.1. The molecule has 2 heterocycles. The first-order chi connectivity index (χ1) is 9.99. The van der Waals surface area contributed by atoms with E-state index in [1.807, 2.05) is 18.2 Å². The molecule has 0 unspecified atom stereocenters. The summed E-state index contributed by atoms with van der Waals surface area (Å²) in [4.78, 5) is 4.47. The van der Waals surface area contributed by atoms with Crippen molar-refractivity contribution in [3.05, 3.63) is 23.8 Å². The SMILES string of the molecule is CC(C)c1cccc2c1nc(N)n2[C@@H]1C[C@H](O)[C@H](O)CO1. The number of aromatic nitrogens is 2. The lowest BCUT2D eigenvalue weighted by atomic mass is 10.0. The van der Waals surface area contributed by atoms with Crippen molar-refractivity contribution in [2.45, 2.75) is 44.6 Å². The zero-order valence-electron chi connectivity index (χ0n) is 12.2. The average molecular weight is 291 g/mol. The second-order valence-corrected chi connectivity index (χ2v) is 5.87. The maximum atomic E-state index is 9.85. The van der Waals surface area contributed by atoms with Crippen LogP contribution in [0.25, 0.3) is 11.0 Å². The Hall–Kier alpha value is -1.63. The number of fused-ring (bicyclic) bond motifs is 1. The van der Waals surface area contributed by atoms with E-state index in [-0.39, 0.29) is 6.61 Å². The van der Waals surface area contributed by atoms with Crippen LogP contribution in [0.2, 0.25) is 0 Å². The highest BCUT2D eigenvalue weighted by Gasteiger charge is 2.31. The smallest absolute Gasteiger partial charge is 0.203 e. The number of imidazole rings is 1. The number of rotatable bonds is 2. The van der Waals surface area contributed by atoms with Crippen molar-refractivity contribution in [1.29, 1.82) is 0 Å². The summed E-state index contributed by atoms with van der Waals surface area (Å²) in [6, 6.07) is 5.97. The van der Waals surface area contributed by atoms with Crippen molar-refractivity contribution in [3.63, 3.8) is 0 Å². The Labute approximate surface area is 123 Å². The van der Waals surface area contributed by atoms with Crippen LogP contribution in [0.5, 0.6) is 0 Å². The molecule has 1 aromatic carbocycles. The van der Waals surface area contributed by atoms with E-state index < -0.39 is 18.4 Å². The van der Waals surface area contributed by atoms with Crippen LogP contribution in [0.15, 0.2) is 18.2 Å². The number of ether oxygens (including phenoxy) is 1. The van der Waals surface area contributed by atoms with E-state index >= 15 is 0 Å². The molecule has 0 aliphatic carbocycles. The van der Waals surface area contributed by atoms with Crippen LogP contribution in [0.3, 0.4) is 0 Å². The van der Waals surface area contributed by atoms with Crippen LogP contribution in [-0.2, 0) is 4.74 Å². The minimum atomic E-state index is -0.844. The Morgan fingerprint density at radius 3 is 2.76 bits per heavy atom. The predicted octanol–water partition coefficient (Wildman–Crippen LogP) is 1.38. The molecule has 4 N–H and O–H groups in total. The number of aliphatic hydroxyl groups is 2. The van der Waals surface area contributed by atoms with Gasteiger partial charge in [0, 0.05) is 6.42 Å². The molecule has 3 atom stereocenters. The quantitative estimate of drug-likeness (QED) is 0.777. The second-order valence-electron chi connectivity index (χ2n) is 5.87. The van der Waals surface area contributed by atoms with Gasteiger partial charge in [0.15, 0.2) is 0 Å². The molecule has 1 aliphatic heterocycles. The van der Waals surface area contributed by atoms with Gasteiger partial charge >= 0.3 is 0 Å². The van der Waals surface area contributed by atoms with Gasteiger partial charge in [0.2, 0.25) is 5.95 Å². The lowest BCUT2D eigenvalue weighted by Crippen LogP contribution is -2.39. The Bertz CT molecular complexity index is 653. The Morgan fingerprint density at radius 1 is 1.33 bits per heavy atom. The summed E-state index contributed by atoms with van der Waals surface area (Å²) in [7, 11) is 0. The Kier molecular flexibility index (Phi) is 3.61. The van der Waals surface area contributed by atoms with Crippen LogP contribution in [-0.4, -0.2) is 38.6 Å². The molecule has 0 amide bonds. The first kappa shape index (κ1) is 14.3. The van der Waals surface area contributed by atoms with Gasteiger partial charge in [-0.25, -0.2) is 4.98 Å². The van der Waals surface area contributed by atoms with E-state index in [1.165, 1.54) is 0 Å². The molecule has 0 radical (unpaired) electrons. The monoisotopic (exact) mass is 291 g/mol. The molecular weight excluding hydrogens is 270 g/mol. The maximum absolute atomic E-state index is 9.85. The molecule has 0 spiro atoms. The van der Waals surface area contributed by atoms with Gasteiger partial charge in [-0.15, -0.1) is 0 Å². The molecule has 3 rings (SSSR count). The van der Waals surface area contributed by atoms with E-state index in [1.54, 1.807) is 4.57 Å². The topological polar surface area (TPSA) is 93.5 Å². The first-order valence-electron chi connectivity index (χ1n) is 7.23. The third-order valence-corrected chi connectivity index (χ3v) is 4.04. The molecule has 6 heteroatoms. The fourth-order valence-corrected chi connectivity index (χ4v) is 2.86. The van der Waals surface area contributed by atoms with Crippen LogP contribution in [0.4, 0.5) is 5.95 Å². The number of nitrogens with two attached hydrogens (primary N) is 1. The third-order valence-electron chi connectivity index (χ3n) is 4.04. The van der Waals surface area contributed by atoms with Crippen LogP contribution >= 0.6 is 0 Å². The number of benzene rings is 1. The van der Waals surface area contributed by atoms with Crippen molar-refractivity contribution >= 4 is 17.0 Å². The highest BCUT2D eigenvalue weighted by molar-refractivity contribution is 5.82. The molecule has 1 saturated heterocycles. The van der Waals surface area contributed by atoms with Gasteiger partial charge in [-0.2, -0.15) is 0 Å². The van der Waals surface area contributed by atoms with Gasteiger partial charge < -0.3 is 20.7 Å². The first-order valence-corrected chi connectivity index (χ1v) is 7.23. The molecule has 0 saturated carbocycles. The van der Waals surface area contributed by atoms with Crippen LogP contribution < -0.4 is 5.73 Å². The van der Waals surface area contributed by atoms with Gasteiger partial charge in [0.05, 0.1) is 23.7 Å². The second kappa shape index (κ2) is 5.29. The van der Waals surface area contributed by atoms with Crippen LogP contribution in [0.1, 0.15) is 38.0 Å². The van der Waals surface area contributed by atoms with Gasteiger partial charge in [-0.1, -0.05) is 26.0 Å². The van der Waals surface area contributed by atoms with Gasteiger partial charge in [-0.3, -0.25) is 4.57 Å². The number of para-hydroxylation sites is 1. The summed E-state index contributed by atoms with van der Waals surface area (Å²) < 4.78 is 7.43. The lowest BCUT2D eigenvalue weighted by molar-refractivity contribution is -0.143. The molecule has 21 heavy (non-hydrogen) atoms. The summed E-state index contributed by atoms with van der Waals surface area (Å²) in [6.45, 7) is 4.32. The van der Waals surface area contributed by atoms with Crippen LogP contribution in [0, 0.1) is 0 Å². The number of hydrogen-bond donors (Lipinski definition) is 3. The minimum absolute atomic E-state index is 0.0921. The van der Waals surface area contributed by atoms with Crippen molar-refractivity contribution in [3.8, 4) is 0 Å². The van der Waals surface area contributed by atoms with Crippen molar-refractivity contribution < 1.29 is 14.9 Å². The minimum Gasteiger partial charge on any atom is -0.390 e. The highest BCUT2D eigenvalue weighted by atomic mass is 16.5. The van der Waals surface area contributed by atoms with Gasteiger partial charge in [0.25, 0.3) is 0 Å². The molecule has 2 aromatic rings. The molecule has 1 aliphatic rings. The van der Waals surface area contributed by atoms with Crippen molar-refractivity contribution in [1.82, 2.24) is 9.55 Å². The fraction of sp³-hybridized carbons (Fsp3) is 0.533. The van der Waals surface area contributed by atoms with E-state index in [0.29, 0.717) is 18.3 Å². The number of aliphatic hydroxyl groups excluding tert-OH is 2. The average Bonchev–Trinajstić information content (AvgIpc) is 2.77. The van der Waals surface area contributed by atoms with Crippen molar-refractivity contribution in [2.75, 3.05) is 12.3 Å². The number of hydrogen-bond acceptors (Lipinski definition) is 5. The largest absolute Gasteiger partial charge is 0.390 e. The molecule has 1 aromatic heterocycles. The van der Waals surface area contributed by atoms with Gasteiger partial charge in [-0.05, 0) is 17.5 Å². The summed E-state index contributed by atoms with van der Waals surface area (Å²) in [6.07, 6.45) is -1.77. The molecule has 0 bridgehead atoms. The number of nitrogen functional groups attached to an aromatic ring is 1. The molecule has 6 nitrogen and oxygen atoms in total. The van der Waals surface area contributed by atoms with E-state index in [2.05, 4.69) is 18.8 Å². The van der Waals surface area contributed by atoms with E-state index in [0.717, 1.165) is 16.6 Å². The fourth-order valence-electron chi connectivity index (χ4n) is 2.86. The summed E-state index contributed by atoms with van der Waals surface area (Å²) >= 11 is 0. The highest BCUT2D eigenvalue weighted by Crippen LogP contribution is 2.33. The molecule has 1 fully saturated rings. The number of anilines is 1. The predicted molar refractivity (Wildman–Crippen MR) is 79.9 cm³/mol. The van der Waals surface area contributed by atoms with E-state index in [9.17, 15) is 10.2 Å². The summed E-state index contributed by atoms with van der Waals surface area (Å²) in [5.74, 6) is 0.711. The van der Waals surface area contributed by atoms with Gasteiger partial charge in [0.1, 0.15) is 12.3 Å². The van der Waals surface area contributed by atoms with E-state index in [4.69, 9.17) is 10.5 Å². The molecule has 114 valence electrons. The molecular formula is C15H21N3O3. The maximum Gasteiger partial charge on any atom is 0.203 e. The summed E-state index contributed by atoms with van der Waals surface area (Å²) in [5, 5.41) is 19.4. The normalized spacial score (nSPS) is 26.6. The summed E-state index contributed by atoms with van der Waals surface area (Å²) in [5.41, 5.74) is 8.96. The Balaban J connectivity index is 2.07. The third kappa shape index (κ3) is 2.39. The number of nitrogens with zero attached hydrogens (tertiary/aromatic N) is 2. The standard InChI is InChI=1S/C15H21N3O3/c1-8(2)9-4-3-5-10-14(9)17-15(16)18(10)13-6-11(19)12(20)7-21-13/h3-5,8,11-13,19-20H,6-7H2,1-2H3,(H2,16,17)/t11-,12+,13-/m0/s1. The zero-order valence-corrected chi connectivity index (χ0v) is 12.2. The lowest BCUT2D eigenvalue weighted by Gasteiger charge is -2.31. The van der Waals surface area contributed by atoms with Crippen molar-refractivity contribution in [2.24, 2.45) is 0 Å².